The topological polar surface area (TPSA) is 84.2 Å². The highest BCUT2D eigenvalue weighted by molar-refractivity contribution is 6.06. The van der Waals surface area contributed by atoms with Crippen LogP contribution in [0.3, 0.4) is 0 Å². The first-order valence-corrected chi connectivity index (χ1v) is 5.98. The Morgan fingerprint density at radius 2 is 2.14 bits per heavy atom. The first-order chi connectivity index (χ1) is 9.99. The Balaban J connectivity index is 2.17. The van der Waals surface area contributed by atoms with E-state index in [1.807, 2.05) is 0 Å². The molecule has 0 aliphatic rings. The number of aromatic carboxylic acids is 1. The van der Waals surface area contributed by atoms with Crippen LogP contribution in [0.15, 0.2) is 36.5 Å². The van der Waals surface area contributed by atoms with Crippen molar-refractivity contribution < 1.29 is 19.1 Å². The maximum Gasteiger partial charge on any atom is 0.340 e. The second kappa shape index (κ2) is 6.00. The number of carbonyl (C=O) groups is 2. The Morgan fingerprint density at radius 1 is 1.38 bits per heavy atom. The number of carboxylic acids is 1. The third-order valence-electron chi connectivity index (χ3n) is 2.75. The molecule has 2 N–H and O–H groups in total. The van der Waals surface area contributed by atoms with Crippen molar-refractivity contribution >= 4 is 23.6 Å². The molecule has 0 aliphatic carbocycles. The monoisotopic (exact) mass is 289 g/mol. The van der Waals surface area contributed by atoms with E-state index >= 15 is 0 Å². The van der Waals surface area contributed by atoms with Gasteiger partial charge in [0.05, 0.1) is 11.4 Å². The number of amides is 1. The highest BCUT2D eigenvalue weighted by Crippen LogP contribution is 2.19. The minimum Gasteiger partial charge on any atom is -0.478 e. The smallest absolute Gasteiger partial charge is 0.340 e. The van der Waals surface area contributed by atoms with Crippen LogP contribution in [0, 0.1) is 5.82 Å². The molecule has 21 heavy (non-hydrogen) atoms. The molecule has 0 atom stereocenters. The third kappa shape index (κ3) is 3.33. The number of hydrogen-bond acceptors (Lipinski definition) is 3. The van der Waals surface area contributed by atoms with Crippen molar-refractivity contribution in [1.29, 1.82) is 0 Å². The summed E-state index contributed by atoms with van der Waals surface area (Å²) < 4.78 is 15.0. The lowest BCUT2D eigenvalue weighted by atomic mass is 10.1. The quantitative estimate of drug-likeness (QED) is 0.842. The molecule has 7 heteroatoms. The van der Waals surface area contributed by atoms with Gasteiger partial charge in [-0.1, -0.05) is 6.07 Å². The first-order valence-electron chi connectivity index (χ1n) is 5.98. The van der Waals surface area contributed by atoms with E-state index in [-0.39, 0.29) is 5.69 Å². The molecule has 0 unspecified atom stereocenters. The zero-order chi connectivity index (χ0) is 15.4. The van der Waals surface area contributed by atoms with Crippen LogP contribution >= 0.6 is 0 Å². The Hall–Kier alpha value is -2.96. The number of halogens is 1. The number of hydrogen-bond donors (Lipinski definition) is 2. The molecule has 1 heterocycles. The highest BCUT2D eigenvalue weighted by Gasteiger charge is 2.16. The van der Waals surface area contributed by atoms with E-state index in [0.29, 0.717) is 5.69 Å². The van der Waals surface area contributed by atoms with Crippen LogP contribution in [0.25, 0.3) is 6.08 Å². The minimum atomic E-state index is -1.45. The minimum absolute atomic E-state index is 0.0952. The highest BCUT2D eigenvalue weighted by atomic mass is 19.1. The molecule has 0 spiro atoms. The molecule has 0 aliphatic heterocycles. The summed E-state index contributed by atoms with van der Waals surface area (Å²) in [5.74, 6) is -2.92. The molecule has 2 rings (SSSR count). The van der Waals surface area contributed by atoms with Gasteiger partial charge in [-0.3, -0.25) is 9.48 Å². The van der Waals surface area contributed by atoms with Crippen molar-refractivity contribution in [1.82, 2.24) is 9.78 Å². The van der Waals surface area contributed by atoms with E-state index in [1.54, 1.807) is 24.0 Å². The Labute approximate surface area is 119 Å². The van der Waals surface area contributed by atoms with Crippen molar-refractivity contribution in [3.63, 3.8) is 0 Å². The van der Waals surface area contributed by atoms with Crippen LogP contribution in [-0.4, -0.2) is 26.8 Å². The molecule has 0 saturated heterocycles. The van der Waals surface area contributed by atoms with Crippen LogP contribution in [0.2, 0.25) is 0 Å². The summed E-state index contributed by atoms with van der Waals surface area (Å²) in [5.41, 5.74) is 0.0322. The van der Waals surface area contributed by atoms with Crippen LogP contribution in [0.1, 0.15) is 16.1 Å². The summed E-state index contributed by atoms with van der Waals surface area (Å²) in [6.07, 6.45) is 4.31. The predicted octanol–water partition coefficient (Wildman–Crippen LogP) is 1.91. The molecule has 0 saturated carbocycles. The normalized spacial score (nSPS) is 10.8. The summed E-state index contributed by atoms with van der Waals surface area (Å²) in [6.45, 7) is 0. The lowest BCUT2D eigenvalue weighted by Gasteiger charge is -2.07. The van der Waals surface area contributed by atoms with E-state index in [1.165, 1.54) is 24.3 Å². The fraction of sp³-hybridized carbons (Fsp3) is 0.0714. The van der Waals surface area contributed by atoms with Gasteiger partial charge in [0.1, 0.15) is 11.4 Å². The van der Waals surface area contributed by atoms with Gasteiger partial charge in [0, 0.05) is 19.3 Å². The standard InChI is InChI=1S/C14H12FN3O3/c1-18-9(7-8-16-18)5-6-12(19)17-11-4-2-3-10(15)13(11)14(20)21/h2-8H,1H3,(H,17,19)(H,20,21)/b6-5+. The van der Waals surface area contributed by atoms with Crippen LogP contribution in [0.5, 0.6) is 0 Å². The van der Waals surface area contributed by atoms with Gasteiger partial charge in [-0.2, -0.15) is 5.10 Å². The van der Waals surface area contributed by atoms with Gasteiger partial charge in [0.2, 0.25) is 5.91 Å². The van der Waals surface area contributed by atoms with E-state index in [4.69, 9.17) is 5.11 Å². The summed E-state index contributed by atoms with van der Waals surface area (Å²) in [5, 5.41) is 15.2. The average molecular weight is 289 g/mol. The lowest BCUT2D eigenvalue weighted by molar-refractivity contribution is -0.111. The van der Waals surface area contributed by atoms with Gasteiger partial charge in [0.15, 0.2) is 0 Å². The van der Waals surface area contributed by atoms with E-state index in [9.17, 15) is 14.0 Å². The average Bonchev–Trinajstić information content (AvgIpc) is 2.81. The van der Waals surface area contributed by atoms with Gasteiger partial charge < -0.3 is 10.4 Å². The number of rotatable bonds is 4. The molecular formula is C14H12FN3O3. The molecule has 1 amide bonds. The van der Waals surface area contributed by atoms with Gasteiger partial charge >= 0.3 is 5.97 Å². The van der Waals surface area contributed by atoms with E-state index < -0.39 is 23.3 Å². The molecule has 2 aromatic rings. The molecule has 108 valence electrons. The molecule has 6 nitrogen and oxygen atoms in total. The van der Waals surface area contributed by atoms with Crippen LogP contribution < -0.4 is 5.32 Å². The number of anilines is 1. The second-order valence-corrected chi connectivity index (χ2v) is 4.17. The van der Waals surface area contributed by atoms with Crippen molar-refractivity contribution in [3.8, 4) is 0 Å². The van der Waals surface area contributed by atoms with Gasteiger partial charge in [0.25, 0.3) is 0 Å². The second-order valence-electron chi connectivity index (χ2n) is 4.17. The molecular weight excluding hydrogens is 277 g/mol. The number of benzene rings is 1. The third-order valence-corrected chi connectivity index (χ3v) is 2.75. The van der Waals surface area contributed by atoms with E-state index in [0.717, 1.165) is 6.07 Å². The SMILES string of the molecule is Cn1nccc1/C=C/C(=O)Nc1cccc(F)c1C(=O)O. The van der Waals surface area contributed by atoms with E-state index in [2.05, 4.69) is 10.4 Å². The summed E-state index contributed by atoms with van der Waals surface area (Å²) in [4.78, 5) is 22.8. The largest absolute Gasteiger partial charge is 0.478 e. The molecule has 0 fully saturated rings. The Kier molecular flexibility index (Phi) is 4.13. The van der Waals surface area contributed by atoms with Crippen molar-refractivity contribution in [2.24, 2.45) is 7.05 Å². The number of nitrogens with zero attached hydrogens (tertiary/aromatic N) is 2. The lowest BCUT2D eigenvalue weighted by Crippen LogP contribution is -2.13. The summed E-state index contributed by atoms with van der Waals surface area (Å²) >= 11 is 0. The Bertz CT molecular complexity index is 722. The summed E-state index contributed by atoms with van der Waals surface area (Å²) in [7, 11) is 1.71. The van der Waals surface area contributed by atoms with Crippen molar-refractivity contribution in [2.75, 3.05) is 5.32 Å². The molecule has 1 aromatic carbocycles. The first kappa shape index (κ1) is 14.4. The zero-order valence-electron chi connectivity index (χ0n) is 11.1. The van der Waals surface area contributed by atoms with Gasteiger partial charge in [-0.05, 0) is 24.3 Å². The van der Waals surface area contributed by atoms with Crippen molar-refractivity contribution in [2.45, 2.75) is 0 Å². The predicted molar refractivity (Wildman–Crippen MR) is 74.2 cm³/mol. The fourth-order valence-corrected chi connectivity index (χ4v) is 1.73. The molecule has 1 aromatic heterocycles. The molecule has 0 bridgehead atoms. The number of nitrogens with one attached hydrogen (secondary N) is 1. The van der Waals surface area contributed by atoms with Gasteiger partial charge in [-0.15, -0.1) is 0 Å². The zero-order valence-corrected chi connectivity index (χ0v) is 11.1. The number of aromatic nitrogens is 2. The van der Waals surface area contributed by atoms with Crippen molar-refractivity contribution in [3.05, 3.63) is 53.6 Å². The summed E-state index contributed by atoms with van der Waals surface area (Å²) in [6, 6.07) is 5.36. The number of aryl methyl sites for hydroxylation is 1. The fourth-order valence-electron chi connectivity index (χ4n) is 1.73. The number of carboxylic acid groups (broad SMARTS) is 1. The Morgan fingerprint density at radius 3 is 2.76 bits per heavy atom. The number of carbonyl (C=O) groups excluding carboxylic acids is 1. The maximum atomic E-state index is 13.5. The van der Waals surface area contributed by atoms with Gasteiger partial charge in [-0.25, -0.2) is 9.18 Å². The van der Waals surface area contributed by atoms with Crippen LogP contribution in [0.4, 0.5) is 10.1 Å². The molecule has 0 radical (unpaired) electrons. The maximum absolute atomic E-state index is 13.5. The van der Waals surface area contributed by atoms with Crippen LogP contribution in [-0.2, 0) is 11.8 Å².